The van der Waals surface area contributed by atoms with E-state index in [-0.39, 0.29) is 12.1 Å². The number of aryl methyl sites for hydroxylation is 2. The van der Waals surface area contributed by atoms with Gasteiger partial charge in [0.2, 0.25) is 29.1 Å². The smallest absolute Gasteiger partial charge is 0.207 e. The second kappa shape index (κ2) is 7.73. The molecule has 2 heterocycles. The van der Waals surface area contributed by atoms with Crippen LogP contribution in [0.4, 0.5) is 22.0 Å². The zero-order valence-electron chi connectivity index (χ0n) is 17.4. The molecule has 8 heteroatoms. The summed E-state index contributed by atoms with van der Waals surface area (Å²) in [6.45, 7) is 5.59. The SMILES string of the molecule is CC(=S)N1C2CCC1CC(Oc1c(F)c(F)c(F)c(F)c1F)(c1cc(C)cc(C)c1)C2. The summed E-state index contributed by atoms with van der Waals surface area (Å²) in [4.78, 5) is 2.83. The molecule has 2 bridgehead atoms. The number of benzene rings is 2. The molecule has 0 aromatic heterocycles. The molecule has 0 N–H and O–H groups in total. The maximum absolute atomic E-state index is 14.5. The van der Waals surface area contributed by atoms with Gasteiger partial charge in [-0.15, -0.1) is 0 Å². The largest absolute Gasteiger partial charge is 0.476 e. The van der Waals surface area contributed by atoms with E-state index in [1.165, 1.54) is 0 Å². The molecule has 2 aromatic rings. The lowest BCUT2D eigenvalue weighted by molar-refractivity contribution is -0.0212. The fraction of sp³-hybridized carbons (Fsp3) is 0.435. The van der Waals surface area contributed by atoms with Gasteiger partial charge in [0, 0.05) is 24.9 Å². The molecule has 2 aliphatic heterocycles. The van der Waals surface area contributed by atoms with Crippen LogP contribution in [0.25, 0.3) is 0 Å². The minimum Gasteiger partial charge on any atom is -0.476 e. The highest BCUT2D eigenvalue weighted by atomic mass is 32.1. The van der Waals surface area contributed by atoms with Gasteiger partial charge in [-0.3, -0.25) is 0 Å². The van der Waals surface area contributed by atoms with Crippen LogP contribution in [0.15, 0.2) is 18.2 Å². The number of nitrogens with zero attached hydrogens (tertiary/aromatic N) is 1. The first-order valence-corrected chi connectivity index (χ1v) is 10.5. The van der Waals surface area contributed by atoms with Gasteiger partial charge < -0.3 is 9.64 Å². The lowest BCUT2D eigenvalue weighted by Crippen LogP contribution is -2.53. The van der Waals surface area contributed by atoms with Crippen LogP contribution in [0.5, 0.6) is 5.75 Å². The van der Waals surface area contributed by atoms with Crippen molar-refractivity contribution < 1.29 is 26.7 Å². The van der Waals surface area contributed by atoms with E-state index in [9.17, 15) is 22.0 Å². The average molecular weight is 455 g/mol. The van der Waals surface area contributed by atoms with Crippen molar-refractivity contribution in [1.82, 2.24) is 4.90 Å². The molecule has 31 heavy (non-hydrogen) atoms. The Bertz CT molecular complexity index is 1010. The normalized spacial score (nSPS) is 25.1. The Kier molecular flexibility index (Phi) is 5.48. The molecule has 0 spiro atoms. The summed E-state index contributed by atoms with van der Waals surface area (Å²) >= 11 is 5.39. The molecule has 2 aromatic carbocycles. The van der Waals surface area contributed by atoms with Crippen molar-refractivity contribution in [3.05, 3.63) is 64.0 Å². The summed E-state index contributed by atoms with van der Waals surface area (Å²) in [7, 11) is 0. The second-order valence-corrected chi connectivity index (χ2v) is 9.18. The van der Waals surface area contributed by atoms with E-state index >= 15 is 0 Å². The van der Waals surface area contributed by atoms with Crippen molar-refractivity contribution in [2.45, 2.75) is 64.1 Å². The Hall–Kier alpha value is -2.22. The molecular formula is C23H22F5NOS. The van der Waals surface area contributed by atoms with E-state index in [0.717, 1.165) is 29.0 Å². The summed E-state index contributed by atoms with van der Waals surface area (Å²) in [5.41, 5.74) is 1.24. The number of thiocarbonyl (C=S) groups is 1. The zero-order chi connectivity index (χ0) is 22.7. The summed E-state index contributed by atoms with van der Waals surface area (Å²) in [6.07, 6.45) is 2.26. The predicted molar refractivity (Wildman–Crippen MR) is 111 cm³/mol. The van der Waals surface area contributed by atoms with Gasteiger partial charge in [-0.25, -0.2) is 13.2 Å². The number of rotatable bonds is 3. The number of ether oxygens (including phenoxy) is 1. The molecule has 2 saturated heterocycles. The van der Waals surface area contributed by atoms with Crippen LogP contribution in [-0.4, -0.2) is 22.0 Å². The number of hydrogen-bond acceptors (Lipinski definition) is 2. The fourth-order valence-electron chi connectivity index (χ4n) is 5.21. The fourth-order valence-corrected chi connectivity index (χ4v) is 5.50. The van der Waals surface area contributed by atoms with Gasteiger partial charge in [-0.05, 0) is 39.2 Å². The van der Waals surface area contributed by atoms with Gasteiger partial charge >= 0.3 is 0 Å². The van der Waals surface area contributed by atoms with Crippen molar-refractivity contribution in [2.75, 3.05) is 0 Å². The van der Waals surface area contributed by atoms with Crippen molar-refractivity contribution in [3.63, 3.8) is 0 Å². The first-order valence-electron chi connectivity index (χ1n) is 10.1. The molecule has 0 aliphatic carbocycles. The standard InChI is InChI=1S/C23H22F5NOS/c1-11-6-12(2)8-14(7-11)23(9-15-4-5-16(10-23)29(15)13(3)31)30-22-20(27)18(25)17(24)19(26)21(22)28/h6-8,15-16H,4-5,9-10H2,1-3H3. The van der Waals surface area contributed by atoms with Gasteiger partial charge in [0.25, 0.3) is 0 Å². The molecule has 0 radical (unpaired) electrons. The topological polar surface area (TPSA) is 12.5 Å². The molecule has 0 saturated carbocycles. The van der Waals surface area contributed by atoms with Crippen molar-refractivity contribution in [1.29, 1.82) is 0 Å². The third kappa shape index (κ3) is 3.58. The van der Waals surface area contributed by atoms with Crippen LogP contribution in [0.1, 0.15) is 49.3 Å². The Balaban J connectivity index is 1.87. The Morgan fingerprint density at radius 1 is 0.871 bits per heavy atom. The van der Waals surface area contributed by atoms with E-state index < -0.39 is 40.4 Å². The van der Waals surface area contributed by atoms with E-state index in [1.807, 2.05) is 39.0 Å². The third-order valence-corrected chi connectivity index (χ3v) is 6.54. The molecule has 2 atom stereocenters. The van der Waals surface area contributed by atoms with Crippen LogP contribution in [0.3, 0.4) is 0 Å². The first kappa shape index (κ1) is 22.0. The predicted octanol–water partition coefficient (Wildman–Crippen LogP) is 6.25. The van der Waals surface area contributed by atoms with E-state index in [4.69, 9.17) is 17.0 Å². The number of hydrogen-bond donors (Lipinski definition) is 0. The van der Waals surface area contributed by atoms with Gasteiger partial charge in [-0.1, -0.05) is 41.5 Å². The van der Waals surface area contributed by atoms with Gasteiger partial charge in [-0.2, -0.15) is 8.78 Å². The van der Waals surface area contributed by atoms with Gasteiger partial charge in [0.05, 0.1) is 4.99 Å². The third-order valence-electron chi connectivity index (χ3n) is 6.33. The molecule has 0 amide bonds. The van der Waals surface area contributed by atoms with Crippen molar-refractivity contribution in [3.8, 4) is 5.75 Å². The summed E-state index contributed by atoms with van der Waals surface area (Å²) in [5, 5.41) is 0. The molecule has 2 unspecified atom stereocenters. The van der Waals surface area contributed by atoms with Crippen molar-refractivity contribution in [2.24, 2.45) is 0 Å². The van der Waals surface area contributed by atoms with E-state index in [2.05, 4.69) is 4.90 Å². The number of piperidine rings is 1. The van der Waals surface area contributed by atoms with Crippen LogP contribution < -0.4 is 4.74 Å². The Morgan fingerprint density at radius 2 is 1.32 bits per heavy atom. The van der Waals surface area contributed by atoms with E-state index in [0.29, 0.717) is 18.4 Å². The quantitative estimate of drug-likeness (QED) is 0.235. The molecular weight excluding hydrogens is 433 g/mol. The van der Waals surface area contributed by atoms with Crippen molar-refractivity contribution >= 4 is 17.2 Å². The maximum Gasteiger partial charge on any atom is 0.207 e. The number of fused-ring (bicyclic) bond motifs is 2. The number of halogens is 5. The lowest BCUT2D eigenvalue weighted by atomic mass is 9.79. The Morgan fingerprint density at radius 3 is 1.77 bits per heavy atom. The Labute approximate surface area is 183 Å². The molecule has 2 nitrogen and oxygen atoms in total. The van der Waals surface area contributed by atoms with Crippen LogP contribution in [0, 0.1) is 42.9 Å². The minimum absolute atomic E-state index is 0.0432. The monoisotopic (exact) mass is 455 g/mol. The van der Waals surface area contributed by atoms with Crippen LogP contribution >= 0.6 is 12.2 Å². The highest BCUT2D eigenvalue weighted by Crippen LogP contribution is 2.49. The maximum atomic E-state index is 14.5. The second-order valence-electron chi connectivity index (χ2n) is 8.59. The summed E-state index contributed by atoms with van der Waals surface area (Å²) in [5.74, 6) is -11.4. The zero-order valence-corrected chi connectivity index (χ0v) is 18.2. The van der Waals surface area contributed by atoms with Crippen LogP contribution in [-0.2, 0) is 5.60 Å². The average Bonchev–Trinajstić information content (AvgIpc) is 2.99. The molecule has 2 fully saturated rings. The first-order chi connectivity index (χ1) is 14.5. The van der Waals surface area contributed by atoms with E-state index in [1.54, 1.807) is 0 Å². The molecule has 4 rings (SSSR count). The lowest BCUT2D eigenvalue weighted by Gasteiger charge is -2.47. The highest BCUT2D eigenvalue weighted by molar-refractivity contribution is 7.80. The highest BCUT2D eigenvalue weighted by Gasteiger charge is 2.52. The summed E-state index contributed by atoms with van der Waals surface area (Å²) < 4.78 is 76.3. The van der Waals surface area contributed by atoms with Gasteiger partial charge in [0.15, 0.2) is 5.75 Å². The molecule has 2 aliphatic rings. The summed E-state index contributed by atoms with van der Waals surface area (Å²) in [6, 6.07) is 5.55. The van der Waals surface area contributed by atoms with Gasteiger partial charge in [0.1, 0.15) is 5.60 Å². The minimum atomic E-state index is -2.20. The molecule has 166 valence electrons. The van der Waals surface area contributed by atoms with Crippen LogP contribution in [0.2, 0.25) is 0 Å².